The van der Waals surface area contributed by atoms with E-state index in [1.54, 1.807) is 12.4 Å². The molecule has 3 atom stereocenters. The first-order chi connectivity index (χ1) is 17.1. The Bertz CT molecular complexity index is 1240. The number of fused-ring (bicyclic) bond motifs is 1. The van der Waals surface area contributed by atoms with Gasteiger partial charge in [-0.1, -0.05) is 23.4 Å². The molecule has 2 saturated heterocycles. The summed E-state index contributed by atoms with van der Waals surface area (Å²) in [5.74, 6) is 1.16. The van der Waals surface area contributed by atoms with Crippen LogP contribution >= 0.6 is 23.4 Å². The number of hydrogen-bond acceptors (Lipinski definition) is 9. The van der Waals surface area contributed by atoms with Crippen LogP contribution in [-0.2, 0) is 16.1 Å². The number of pyridine rings is 1. The molecule has 1 spiro atoms. The fourth-order valence-electron chi connectivity index (χ4n) is 4.93. The van der Waals surface area contributed by atoms with E-state index in [0.29, 0.717) is 17.4 Å². The third-order valence-corrected chi connectivity index (χ3v) is 10.2. The van der Waals surface area contributed by atoms with Crippen molar-refractivity contribution in [2.75, 3.05) is 30.3 Å². The molecule has 0 aliphatic carbocycles. The van der Waals surface area contributed by atoms with Crippen molar-refractivity contribution in [3.8, 4) is 0 Å². The fourth-order valence-corrected chi connectivity index (χ4v) is 7.09. The highest BCUT2D eigenvalue weighted by Crippen LogP contribution is 2.44. The highest BCUT2D eigenvalue weighted by atomic mass is 35.5. The summed E-state index contributed by atoms with van der Waals surface area (Å²) in [7, 11) is 0. The molecule has 36 heavy (non-hydrogen) atoms. The van der Waals surface area contributed by atoms with Gasteiger partial charge in [0.05, 0.1) is 28.7 Å². The average Bonchev–Trinajstić information content (AvgIpc) is 3.44. The molecule has 0 saturated carbocycles. The maximum atomic E-state index is 12.9. The molecule has 12 heteroatoms. The van der Waals surface area contributed by atoms with Crippen LogP contribution in [0.2, 0.25) is 5.02 Å². The summed E-state index contributed by atoms with van der Waals surface area (Å²) >= 11 is 6.68. The Labute approximate surface area is 223 Å². The van der Waals surface area contributed by atoms with E-state index in [-0.39, 0.29) is 22.3 Å². The summed E-state index contributed by atoms with van der Waals surface area (Å²) in [5.41, 5.74) is 6.65. The molecule has 0 radical (unpaired) electrons. The van der Waals surface area contributed by atoms with Crippen molar-refractivity contribution in [3.63, 3.8) is 0 Å². The van der Waals surface area contributed by atoms with Gasteiger partial charge in [0, 0.05) is 59.5 Å². The molecular weight excluding hydrogens is 518 g/mol. The summed E-state index contributed by atoms with van der Waals surface area (Å²) in [6.07, 6.45) is 9.08. The number of anilines is 2. The van der Waals surface area contributed by atoms with Crippen molar-refractivity contribution < 1.29 is 9.29 Å². The van der Waals surface area contributed by atoms with Gasteiger partial charge in [0.2, 0.25) is 5.95 Å². The van der Waals surface area contributed by atoms with Gasteiger partial charge in [-0.2, -0.15) is 0 Å². The van der Waals surface area contributed by atoms with Gasteiger partial charge in [-0.3, -0.25) is 4.40 Å². The largest absolute Gasteiger partial charge is 0.598 e. The number of nitrogens with one attached hydrogen (secondary N) is 1. The summed E-state index contributed by atoms with van der Waals surface area (Å²) in [4.78, 5) is 17.4. The minimum absolute atomic E-state index is 0.0201. The van der Waals surface area contributed by atoms with E-state index in [2.05, 4.69) is 26.5 Å². The number of ether oxygens (including phenoxy) is 1. The number of nitrogen functional groups attached to an aromatic ring is 1. The quantitative estimate of drug-likeness (QED) is 0.456. The molecule has 3 N–H and O–H groups in total. The lowest BCUT2D eigenvalue weighted by Crippen LogP contribution is -2.56. The minimum atomic E-state index is -1.15. The van der Waals surface area contributed by atoms with Crippen LogP contribution in [0.3, 0.4) is 0 Å². The van der Waals surface area contributed by atoms with Crippen molar-refractivity contribution in [1.29, 1.82) is 0 Å². The number of halogens is 1. The second-order valence-electron chi connectivity index (χ2n) is 10.5. The number of piperidine rings is 1. The normalized spacial score (nSPS) is 23.0. The number of imidazole rings is 1. The smallest absolute Gasteiger partial charge is 0.211 e. The van der Waals surface area contributed by atoms with Gasteiger partial charge in [-0.15, -0.1) is 4.72 Å². The Kier molecular flexibility index (Phi) is 7.08. The molecule has 0 bridgehead atoms. The maximum absolute atomic E-state index is 12.9. The number of nitrogens with two attached hydrogens (primary N) is 1. The summed E-state index contributed by atoms with van der Waals surface area (Å²) in [6, 6.07) is 1.89. The summed E-state index contributed by atoms with van der Waals surface area (Å²) in [6.45, 7) is 10.4. The first kappa shape index (κ1) is 25.9. The van der Waals surface area contributed by atoms with E-state index in [1.807, 2.05) is 43.6 Å². The zero-order valence-electron chi connectivity index (χ0n) is 20.9. The van der Waals surface area contributed by atoms with E-state index < -0.39 is 11.4 Å². The van der Waals surface area contributed by atoms with Gasteiger partial charge in [0.15, 0.2) is 5.65 Å². The Morgan fingerprint density at radius 1 is 1.22 bits per heavy atom. The van der Waals surface area contributed by atoms with Gasteiger partial charge in [-0.25, -0.2) is 15.0 Å². The van der Waals surface area contributed by atoms with Crippen molar-refractivity contribution in [1.82, 2.24) is 24.1 Å². The van der Waals surface area contributed by atoms with Crippen LogP contribution in [0.4, 0.5) is 11.8 Å². The molecule has 1 unspecified atom stereocenters. The monoisotopic (exact) mass is 549 g/mol. The molecule has 5 rings (SSSR count). The van der Waals surface area contributed by atoms with Crippen LogP contribution in [0.1, 0.15) is 40.5 Å². The highest BCUT2D eigenvalue weighted by Gasteiger charge is 2.52. The maximum Gasteiger partial charge on any atom is 0.211 e. The van der Waals surface area contributed by atoms with Gasteiger partial charge in [0.1, 0.15) is 10.6 Å². The van der Waals surface area contributed by atoms with Crippen molar-refractivity contribution in [2.24, 2.45) is 5.41 Å². The topological polar surface area (TPSA) is 117 Å². The van der Waals surface area contributed by atoms with Gasteiger partial charge in [0.25, 0.3) is 0 Å². The molecule has 3 aromatic rings. The summed E-state index contributed by atoms with van der Waals surface area (Å²) in [5, 5.41) is 0.432. The van der Waals surface area contributed by atoms with E-state index >= 15 is 0 Å². The van der Waals surface area contributed by atoms with Crippen LogP contribution in [0.25, 0.3) is 5.65 Å². The molecule has 2 aliphatic rings. The van der Waals surface area contributed by atoms with Crippen LogP contribution in [0.15, 0.2) is 40.6 Å². The molecule has 2 fully saturated rings. The number of nitrogens with zero attached hydrogens (tertiary/aromatic N) is 5. The standard InChI is InChI=1S/C24H32ClN7O2S2/c1-15-19(30-36(33)23(2,3)4)24(14-34-15)6-10-31(11-7-24)22-29-13-17(21-28-9-12-32(21)22)35-16-5-8-27-20(26)18(16)25/h5,8-9,12-13,15,19,30H,6-7,10-11,14H2,1-4H3,(H2,26,27)/t15-,19+,36?/m0/s1. The minimum Gasteiger partial charge on any atom is -0.598 e. The first-order valence-electron chi connectivity index (χ1n) is 12.0. The molecule has 0 aromatic carbocycles. The number of hydrogen-bond donors (Lipinski definition) is 2. The van der Waals surface area contributed by atoms with Crippen molar-refractivity contribution >= 4 is 52.1 Å². The molecule has 5 heterocycles. The molecule has 3 aromatic heterocycles. The Morgan fingerprint density at radius 3 is 2.69 bits per heavy atom. The Balaban J connectivity index is 1.35. The fraction of sp³-hybridized carbons (Fsp3) is 0.542. The molecule has 9 nitrogen and oxygen atoms in total. The van der Waals surface area contributed by atoms with E-state index in [9.17, 15) is 4.55 Å². The van der Waals surface area contributed by atoms with Crippen LogP contribution in [0.5, 0.6) is 0 Å². The second-order valence-corrected chi connectivity index (χ2v) is 14.0. The lowest BCUT2D eigenvalue weighted by Gasteiger charge is -2.43. The van der Waals surface area contributed by atoms with E-state index in [0.717, 1.165) is 47.3 Å². The van der Waals surface area contributed by atoms with Crippen LogP contribution in [-0.4, -0.2) is 60.5 Å². The third-order valence-electron chi connectivity index (χ3n) is 7.07. The van der Waals surface area contributed by atoms with Crippen LogP contribution in [0, 0.1) is 5.41 Å². The SMILES string of the molecule is C[C@@H]1OCC2(CCN(c3ncc(Sc4ccnc(N)c4Cl)c4nccn34)CC2)[C@@H]1N[S+]([O-])C(C)(C)C. The number of aromatic nitrogens is 4. The van der Waals surface area contributed by atoms with Gasteiger partial charge in [-0.05, 0) is 46.6 Å². The Morgan fingerprint density at radius 2 is 1.97 bits per heavy atom. The first-order valence-corrected chi connectivity index (χ1v) is 14.4. The molecule has 194 valence electrons. The molecule has 0 amide bonds. The third kappa shape index (κ3) is 4.77. The van der Waals surface area contributed by atoms with Crippen LogP contribution < -0.4 is 15.4 Å². The Hall–Kier alpha value is -1.76. The predicted octanol–water partition coefficient (Wildman–Crippen LogP) is 3.94. The van der Waals surface area contributed by atoms with Crippen molar-refractivity contribution in [3.05, 3.63) is 35.9 Å². The van der Waals surface area contributed by atoms with Crippen molar-refractivity contribution in [2.45, 2.75) is 67.2 Å². The second kappa shape index (κ2) is 9.85. The lowest BCUT2D eigenvalue weighted by molar-refractivity contribution is 0.0972. The average molecular weight is 550 g/mol. The molecular formula is C24H32ClN7O2S2. The lowest BCUT2D eigenvalue weighted by atomic mass is 9.73. The summed E-state index contributed by atoms with van der Waals surface area (Å²) < 4.78 is 24.1. The highest BCUT2D eigenvalue weighted by molar-refractivity contribution is 7.99. The molecule has 2 aliphatic heterocycles. The van der Waals surface area contributed by atoms with E-state index in [4.69, 9.17) is 27.1 Å². The zero-order chi connectivity index (χ0) is 25.7. The van der Waals surface area contributed by atoms with E-state index in [1.165, 1.54) is 11.8 Å². The predicted molar refractivity (Wildman–Crippen MR) is 145 cm³/mol. The zero-order valence-corrected chi connectivity index (χ0v) is 23.3. The number of rotatable bonds is 5. The van der Waals surface area contributed by atoms with Gasteiger partial charge < -0.3 is 19.9 Å². The van der Waals surface area contributed by atoms with Gasteiger partial charge >= 0.3 is 0 Å².